The lowest BCUT2D eigenvalue weighted by Gasteiger charge is -2.36. The molecule has 0 spiro atoms. The van der Waals surface area contributed by atoms with E-state index in [-0.39, 0.29) is 11.3 Å². The number of carbonyl (C=O) groups is 1. The van der Waals surface area contributed by atoms with Gasteiger partial charge in [0, 0.05) is 51.1 Å². The van der Waals surface area contributed by atoms with E-state index in [9.17, 15) is 4.79 Å². The maximum atomic E-state index is 11.0. The van der Waals surface area contributed by atoms with E-state index in [1.807, 2.05) is 23.0 Å². The first kappa shape index (κ1) is 20.8. The van der Waals surface area contributed by atoms with Gasteiger partial charge in [0.25, 0.3) is 0 Å². The number of ether oxygens (including phenoxy) is 1. The minimum absolute atomic E-state index is 0.0343. The largest absolute Gasteiger partial charge is 0.465 e. The lowest BCUT2D eigenvalue weighted by molar-refractivity contribution is 0.0812. The second kappa shape index (κ2) is 8.01. The minimum Gasteiger partial charge on any atom is -0.465 e. The van der Waals surface area contributed by atoms with Gasteiger partial charge in [0.15, 0.2) is 0 Å². The Balaban J connectivity index is 1.53. The molecule has 1 saturated heterocycles. The van der Waals surface area contributed by atoms with Gasteiger partial charge in [-0.25, -0.2) is 9.78 Å². The number of carboxylic acid groups (broad SMARTS) is 1. The number of halogens is 1. The van der Waals surface area contributed by atoms with Gasteiger partial charge in [-0.3, -0.25) is 4.68 Å². The Labute approximate surface area is 180 Å². The number of likely N-dealkylation sites (tertiary alicyclic amines) is 1. The quantitative estimate of drug-likeness (QED) is 0.335. The van der Waals surface area contributed by atoms with Gasteiger partial charge in [0.05, 0.1) is 17.9 Å². The predicted molar refractivity (Wildman–Crippen MR) is 116 cm³/mol. The fourth-order valence-corrected chi connectivity index (χ4v) is 4.26. The molecule has 0 aromatic carbocycles. The van der Waals surface area contributed by atoms with Crippen molar-refractivity contribution in [2.75, 3.05) is 19.7 Å². The van der Waals surface area contributed by atoms with Crippen LogP contribution >= 0.6 is 11.6 Å². The fourth-order valence-electron chi connectivity index (χ4n) is 3.34. The number of rotatable bonds is 7. The van der Waals surface area contributed by atoms with E-state index >= 15 is 0 Å². The lowest BCUT2D eigenvalue weighted by atomic mass is 10.1. The van der Waals surface area contributed by atoms with Crippen LogP contribution in [0.25, 0.3) is 22.3 Å². The molecule has 4 heterocycles. The van der Waals surface area contributed by atoms with E-state index in [4.69, 9.17) is 21.4 Å². The summed E-state index contributed by atoms with van der Waals surface area (Å²) in [4.78, 5) is 21.1. The maximum Gasteiger partial charge on any atom is 0.407 e. The summed E-state index contributed by atoms with van der Waals surface area (Å²) in [5, 5.41) is 14.4. The van der Waals surface area contributed by atoms with Crippen LogP contribution in [-0.2, 0) is 11.5 Å². The number of hydrogen-bond acceptors (Lipinski definition) is 5. The molecule has 3 aromatic rings. The third-order valence-electron chi connectivity index (χ3n) is 5.20. The van der Waals surface area contributed by atoms with E-state index in [0.29, 0.717) is 31.2 Å². The van der Waals surface area contributed by atoms with Gasteiger partial charge in [-0.2, -0.15) is 10.1 Å². The van der Waals surface area contributed by atoms with Gasteiger partial charge in [-0.15, -0.1) is 0 Å². The van der Waals surface area contributed by atoms with Gasteiger partial charge in [0.1, 0.15) is 12.4 Å². The van der Waals surface area contributed by atoms with Gasteiger partial charge in [0.2, 0.25) is 5.28 Å². The summed E-state index contributed by atoms with van der Waals surface area (Å²) in [6.07, 6.45) is 4.62. The smallest absolute Gasteiger partial charge is 0.407 e. The van der Waals surface area contributed by atoms with Gasteiger partial charge in [-0.1, -0.05) is 19.6 Å². The van der Waals surface area contributed by atoms with Crippen LogP contribution < -0.4 is 0 Å². The van der Waals surface area contributed by atoms with Crippen LogP contribution in [0.1, 0.15) is 6.04 Å². The van der Waals surface area contributed by atoms with Crippen molar-refractivity contribution in [1.29, 1.82) is 0 Å². The maximum absolute atomic E-state index is 11.0. The van der Waals surface area contributed by atoms with E-state index in [1.54, 1.807) is 10.9 Å². The van der Waals surface area contributed by atoms with Gasteiger partial charge >= 0.3 is 6.09 Å². The summed E-state index contributed by atoms with van der Waals surface area (Å²) in [7, 11) is -1.14. The van der Waals surface area contributed by atoms with E-state index in [0.717, 1.165) is 23.6 Å². The Kier molecular flexibility index (Phi) is 5.56. The Morgan fingerprint density at radius 1 is 1.33 bits per heavy atom. The molecule has 1 aliphatic heterocycles. The summed E-state index contributed by atoms with van der Waals surface area (Å²) < 4.78 is 9.57. The number of nitrogens with zero attached hydrogens (tertiary/aromatic N) is 6. The molecule has 160 valence electrons. The van der Waals surface area contributed by atoms with Gasteiger partial charge in [-0.05, 0) is 23.7 Å². The molecule has 0 bridgehead atoms. The van der Waals surface area contributed by atoms with E-state index < -0.39 is 14.2 Å². The predicted octanol–water partition coefficient (Wildman–Crippen LogP) is 3.80. The van der Waals surface area contributed by atoms with Crippen molar-refractivity contribution < 1.29 is 14.6 Å². The van der Waals surface area contributed by atoms with Crippen molar-refractivity contribution in [2.45, 2.75) is 38.5 Å². The highest BCUT2D eigenvalue weighted by Crippen LogP contribution is 2.30. The van der Waals surface area contributed by atoms with Crippen molar-refractivity contribution in [3.63, 3.8) is 0 Å². The summed E-state index contributed by atoms with van der Waals surface area (Å²) in [6, 6.07) is 3.09. The van der Waals surface area contributed by atoms with Crippen LogP contribution in [-0.4, -0.2) is 68.2 Å². The lowest BCUT2D eigenvalue weighted by Crippen LogP contribution is -2.50. The van der Waals surface area contributed by atoms with Crippen LogP contribution in [0.4, 0.5) is 4.79 Å². The topological polar surface area (TPSA) is 98.3 Å². The second-order valence-corrected chi connectivity index (χ2v) is 14.7. The molecule has 11 heteroatoms. The molecule has 1 aliphatic rings. The first-order chi connectivity index (χ1) is 14.2. The molecular formula is C19H25ClN6O3Si. The molecule has 1 N–H and O–H groups in total. The Bertz CT molecular complexity index is 1070. The number of aromatic nitrogens is 5. The van der Waals surface area contributed by atoms with Crippen molar-refractivity contribution in [1.82, 2.24) is 29.2 Å². The molecule has 0 unspecified atom stereocenters. The molecule has 4 rings (SSSR count). The summed E-state index contributed by atoms with van der Waals surface area (Å²) in [5.74, 6) is 0. The molecule has 9 nitrogen and oxygen atoms in total. The molecule has 30 heavy (non-hydrogen) atoms. The zero-order valence-electron chi connectivity index (χ0n) is 17.2. The molecule has 0 saturated carbocycles. The van der Waals surface area contributed by atoms with E-state index in [1.165, 1.54) is 4.90 Å². The highest BCUT2D eigenvalue weighted by molar-refractivity contribution is 6.76. The monoisotopic (exact) mass is 448 g/mol. The highest BCUT2D eigenvalue weighted by atomic mass is 35.5. The van der Waals surface area contributed by atoms with Crippen molar-refractivity contribution in [3.8, 4) is 11.3 Å². The van der Waals surface area contributed by atoms with Crippen LogP contribution in [0, 0.1) is 0 Å². The number of amides is 1. The first-order valence-corrected chi connectivity index (χ1v) is 13.9. The van der Waals surface area contributed by atoms with Crippen LogP contribution in [0.3, 0.4) is 0 Å². The fraction of sp³-hybridized carbons (Fsp3) is 0.474. The van der Waals surface area contributed by atoms with Crippen molar-refractivity contribution >= 4 is 36.8 Å². The average molecular weight is 449 g/mol. The second-order valence-electron chi connectivity index (χ2n) is 8.76. The van der Waals surface area contributed by atoms with Gasteiger partial charge < -0.3 is 19.3 Å². The Morgan fingerprint density at radius 3 is 2.80 bits per heavy atom. The van der Waals surface area contributed by atoms with Crippen LogP contribution in [0.5, 0.6) is 0 Å². The first-order valence-electron chi connectivity index (χ1n) is 9.84. The standard InChI is InChI=1S/C19H25ClN6O3Si/c1-30(2,3)7-6-29-12-24-5-4-15-16(22-18(20)23-17(15)24)13-8-21-26(9-13)14-10-25(11-14)19(27)28/h4-5,8-9,14H,6-7,10-12H2,1-3H3,(H,27,28). The zero-order chi connectivity index (χ0) is 21.5. The number of hydrogen-bond donors (Lipinski definition) is 1. The normalized spacial score (nSPS) is 15.0. The Morgan fingerprint density at radius 2 is 2.10 bits per heavy atom. The molecule has 0 aliphatic carbocycles. The minimum atomic E-state index is -1.14. The third-order valence-corrected chi connectivity index (χ3v) is 7.07. The van der Waals surface area contributed by atoms with Crippen LogP contribution in [0.15, 0.2) is 24.7 Å². The summed E-state index contributed by atoms with van der Waals surface area (Å²) >= 11 is 6.22. The average Bonchev–Trinajstić information content (AvgIpc) is 3.23. The van der Waals surface area contributed by atoms with Crippen molar-refractivity contribution in [3.05, 3.63) is 29.9 Å². The zero-order valence-corrected chi connectivity index (χ0v) is 19.0. The summed E-state index contributed by atoms with van der Waals surface area (Å²) in [6.45, 7) is 8.97. The molecule has 1 fully saturated rings. The third kappa shape index (κ3) is 4.35. The SMILES string of the molecule is C[Si](C)(C)CCOCn1ccc2c(-c3cnn(C4CN(C(=O)O)C4)c3)nc(Cl)nc21. The Hall–Kier alpha value is -2.43. The van der Waals surface area contributed by atoms with E-state index in [2.05, 4.69) is 34.7 Å². The molecule has 3 aromatic heterocycles. The molecule has 0 atom stereocenters. The molecule has 1 amide bonds. The van der Waals surface area contributed by atoms with Crippen molar-refractivity contribution in [2.24, 2.45) is 0 Å². The van der Waals surface area contributed by atoms with Crippen LogP contribution in [0.2, 0.25) is 31.0 Å². The number of fused-ring (bicyclic) bond motifs is 1. The molecular weight excluding hydrogens is 424 g/mol. The molecule has 0 radical (unpaired) electrons. The highest BCUT2D eigenvalue weighted by Gasteiger charge is 2.32. The summed E-state index contributed by atoms with van der Waals surface area (Å²) in [5.41, 5.74) is 2.23.